The summed E-state index contributed by atoms with van der Waals surface area (Å²) in [5.74, 6) is -0.240. The zero-order valence-electron chi connectivity index (χ0n) is 8.65. The Morgan fingerprint density at radius 2 is 2.13 bits per heavy atom. The second-order valence-corrected chi connectivity index (χ2v) is 4.77. The minimum absolute atomic E-state index is 0.167. The molecule has 0 aromatic carbocycles. The van der Waals surface area contributed by atoms with Gasteiger partial charge in [0, 0.05) is 18.5 Å². The van der Waals surface area contributed by atoms with E-state index < -0.39 is 15.9 Å². The van der Waals surface area contributed by atoms with E-state index in [4.69, 9.17) is 0 Å². The fraction of sp³-hybridized carbons (Fsp3) is 0.625. The molecule has 7 heteroatoms. The standard InChI is InChI=1S/C8H16N2O4S/c1-3-15(12,13)7-6-14-8(11)10-5-4-9-2/h3,9H,1,4-7H2,2H3,(H,10,11). The van der Waals surface area contributed by atoms with Crippen molar-refractivity contribution in [3.63, 3.8) is 0 Å². The molecule has 1 amide bonds. The normalized spacial score (nSPS) is 10.7. The summed E-state index contributed by atoms with van der Waals surface area (Å²) in [5.41, 5.74) is 0. The highest BCUT2D eigenvalue weighted by Gasteiger charge is 2.07. The molecule has 6 nitrogen and oxygen atoms in total. The lowest BCUT2D eigenvalue weighted by Gasteiger charge is -2.05. The highest BCUT2D eigenvalue weighted by Crippen LogP contribution is 1.90. The first-order valence-corrected chi connectivity index (χ1v) is 6.14. The maximum atomic E-state index is 10.9. The van der Waals surface area contributed by atoms with E-state index in [-0.39, 0.29) is 12.4 Å². The molecule has 0 fully saturated rings. The largest absolute Gasteiger partial charge is 0.448 e. The van der Waals surface area contributed by atoms with Gasteiger partial charge in [0.2, 0.25) is 0 Å². The van der Waals surface area contributed by atoms with Crippen molar-refractivity contribution in [2.45, 2.75) is 0 Å². The Balaban J connectivity index is 3.60. The van der Waals surface area contributed by atoms with E-state index >= 15 is 0 Å². The molecule has 2 N–H and O–H groups in total. The Kier molecular flexibility index (Phi) is 6.72. The molecular weight excluding hydrogens is 220 g/mol. The molecule has 0 rings (SSSR count). The zero-order valence-corrected chi connectivity index (χ0v) is 9.47. The van der Waals surface area contributed by atoms with Gasteiger partial charge in [0.1, 0.15) is 6.61 Å². The highest BCUT2D eigenvalue weighted by molar-refractivity contribution is 7.94. The van der Waals surface area contributed by atoms with Crippen molar-refractivity contribution in [2.75, 3.05) is 32.5 Å². The van der Waals surface area contributed by atoms with E-state index in [0.717, 1.165) is 5.41 Å². The fourth-order valence-corrected chi connectivity index (χ4v) is 1.16. The number of rotatable bonds is 7. The van der Waals surface area contributed by atoms with Gasteiger partial charge in [0.15, 0.2) is 9.84 Å². The molecule has 0 aliphatic carbocycles. The van der Waals surface area contributed by atoms with E-state index in [1.807, 2.05) is 0 Å². The Labute approximate surface area is 89.6 Å². The number of likely N-dealkylation sites (N-methyl/N-ethyl adjacent to an activating group) is 1. The molecule has 0 aliphatic heterocycles. The number of ether oxygens (including phenoxy) is 1. The van der Waals surface area contributed by atoms with Crippen LogP contribution in [0.1, 0.15) is 0 Å². The second kappa shape index (κ2) is 7.24. The van der Waals surface area contributed by atoms with Crippen LogP contribution in [0.25, 0.3) is 0 Å². The van der Waals surface area contributed by atoms with Crippen LogP contribution in [-0.4, -0.2) is 47.0 Å². The summed E-state index contributed by atoms with van der Waals surface area (Å²) in [4.78, 5) is 10.9. The van der Waals surface area contributed by atoms with Crippen LogP contribution in [0.15, 0.2) is 12.0 Å². The van der Waals surface area contributed by atoms with Crippen LogP contribution in [0.4, 0.5) is 4.79 Å². The third-order valence-corrected chi connectivity index (χ3v) is 2.74. The number of sulfone groups is 1. The molecule has 0 aliphatic rings. The van der Waals surface area contributed by atoms with Gasteiger partial charge in [0.25, 0.3) is 0 Å². The summed E-state index contributed by atoms with van der Waals surface area (Å²) in [6.45, 7) is 4.03. The van der Waals surface area contributed by atoms with Gasteiger partial charge in [-0.25, -0.2) is 13.2 Å². The van der Waals surface area contributed by atoms with Crippen LogP contribution in [0, 0.1) is 0 Å². The molecule has 0 spiro atoms. The van der Waals surface area contributed by atoms with Gasteiger partial charge >= 0.3 is 6.09 Å². The molecule has 15 heavy (non-hydrogen) atoms. The van der Waals surface area contributed by atoms with Crippen molar-refractivity contribution in [1.29, 1.82) is 0 Å². The lowest BCUT2D eigenvalue weighted by molar-refractivity contribution is 0.153. The Hall–Kier alpha value is -1.08. The molecule has 88 valence electrons. The lowest BCUT2D eigenvalue weighted by atomic mass is 10.6. The summed E-state index contributed by atoms with van der Waals surface area (Å²) < 4.78 is 26.4. The number of hydrogen-bond donors (Lipinski definition) is 2. The van der Waals surface area contributed by atoms with Crippen molar-refractivity contribution < 1.29 is 17.9 Å². The van der Waals surface area contributed by atoms with Crippen molar-refractivity contribution in [3.8, 4) is 0 Å². The SMILES string of the molecule is C=CS(=O)(=O)CCOC(=O)NCCNC. The van der Waals surface area contributed by atoms with Crippen molar-refractivity contribution in [1.82, 2.24) is 10.6 Å². The van der Waals surface area contributed by atoms with Gasteiger partial charge in [-0.05, 0) is 7.05 Å². The average molecular weight is 236 g/mol. The molecule has 0 saturated carbocycles. The van der Waals surface area contributed by atoms with Crippen LogP contribution in [-0.2, 0) is 14.6 Å². The van der Waals surface area contributed by atoms with Crippen molar-refractivity contribution >= 4 is 15.9 Å². The number of amides is 1. The first-order valence-electron chi connectivity index (χ1n) is 4.42. The molecule has 0 saturated heterocycles. The van der Waals surface area contributed by atoms with Gasteiger partial charge in [-0.2, -0.15) is 0 Å². The van der Waals surface area contributed by atoms with Gasteiger partial charge in [-0.15, -0.1) is 0 Å². The number of carbonyl (C=O) groups excluding carboxylic acids is 1. The van der Waals surface area contributed by atoms with E-state index in [1.165, 1.54) is 0 Å². The zero-order chi connectivity index (χ0) is 11.7. The number of alkyl carbamates (subject to hydrolysis) is 1. The molecule has 0 bridgehead atoms. The van der Waals surface area contributed by atoms with E-state index in [1.54, 1.807) is 7.05 Å². The van der Waals surface area contributed by atoms with Crippen LogP contribution in [0.2, 0.25) is 0 Å². The van der Waals surface area contributed by atoms with E-state index in [9.17, 15) is 13.2 Å². The molecule has 0 heterocycles. The van der Waals surface area contributed by atoms with Crippen LogP contribution < -0.4 is 10.6 Å². The van der Waals surface area contributed by atoms with Crippen LogP contribution >= 0.6 is 0 Å². The van der Waals surface area contributed by atoms with Crippen molar-refractivity contribution in [2.24, 2.45) is 0 Å². The van der Waals surface area contributed by atoms with Crippen molar-refractivity contribution in [3.05, 3.63) is 12.0 Å². The fourth-order valence-electron chi connectivity index (χ4n) is 0.674. The van der Waals surface area contributed by atoms with Gasteiger partial charge in [-0.1, -0.05) is 6.58 Å². The van der Waals surface area contributed by atoms with Crippen LogP contribution in [0.5, 0.6) is 0 Å². The topological polar surface area (TPSA) is 84.5 Å². The van der Waals surface area contributed by atoms with Crippen LogP contribution in [0.3, 0.4) is 0 Å². The first kappa shape index (κ1) is 13.9. The van der Waals surface area contributed by atoms with Gasteiger partial charge in [-0.3, -0.25) is 0 Å². The summed E-state index contributed by atoms with van der Waals surface area (Å²) >= 11 is 0. The number of carbonyl (C=O) groups is 1. The Morgan fingerprint density at radius 3 is 2.67 bits per heavy atom. The predicted octanol–water partition coefficient (Wildman–Crippen LogP) is -0.510. The number of hydrogen-bond acceptors (Lipinski definition) is 5. The second-order valence-electron chi connectivity index (χ2n) is 2.70. The Morgan fingerprint density at radius 1 is 1.47 bits per heavy atom. The monoisotopic (exact) mass is 236 g/mol. The first-order chi connectivity index (χ1) is 7.02. The minimum Gasteiger partial charge on any atom is -0.448 e. The Bertz CT molecular complexity index is 300. The molecular formula is C8H16N2O4S. The average Bonchev–Trinajstić information content (AvgIpc) is 2.18. The lowest BCUT2D eigenvalue weighted by Crippen LogP contribution is -2.31. The molecule has 0 radical (unpaired) electrons. The molecule has 0 atom stereocenters. The third kappa shape index (κ3) is 7.95. The quantitative estimate of drug-likeness (QED) is 0.582. The van der Waals surface area contributed by atoms with E-state index in [0.29, 0.717) is 13.1 Å². The highest BCUT2D eigenvalue weighted by atomic mass is 32.2. The summed E-state index contributed by atoms with van der Waals surface area (Å²) in [7, 11) is -1.54. The maximum absolute atomic E-state index is 10.9. The number of nitrogens with one attached hydrogen (secondary N) is 2. The summed E-state index contributed by atoms with van der Waals surface area (Å²) in [6, 6.07) is 0. The minimum atomic E-state index is -3.29. The molecule has 0 aromatic heterocycles. The van der Waals surface area contributed by atoms with Gasteiger partial charge in [0.05, 0.1) is 5.75 Å². The van der Waals surface area contributed by atoms with Gasteiger partial charge < -0.3 is 15.4 Å². The molecule has 0 aromatic rings. The predicted molar refractivity (Wildman–Crippen MR) is 57.3 cm³/mol. The maximum Gasteiger partial charge on any atom is 0.407 e. The third-order valence-electron chi connectivity index (χ3n) is 1.50. The molecule has 0 unspecified atom stereocenters. The van der Waals surface area contributed by atoms with E-state index in [2.05, 4.69) is 21.9 Å². The summed E-state index contributed by atoms with van der Waals surface area (Å²) in [5, 5.41) is 6.12. The smallest absolute Gasteiger partial charge is 0.407 e. The summed E-state index contributed by atoms with van der Waals surface area (Å²) in [6.07, 6.45) is -0.621.